The van der Waals surface area contributed by atoms with Crippen LogP contribution in [0.5, 0.6) is 5.75 Å². The van der Waals surface area contributed by atoms with E-state index in [1.54, 1.807) is 6.07 Å². The van der Waals surface area contributed by atoms with Crippen molar-refractivity contribution in [3.63, 3.8) is 0 Å². The first-order valence-electron chi connectivity index (χ1n) is 10.8. The molecule has 0 aliphatic rings. The lowest BCUT2D eigenvalue weighted by Gasteiger charge is -2.06. The van der Waals surface area contributed by atoms with E-state index in [0.29, 0.717) is 11.6 Å². The van der Waals surface area contributed by atoms with Crippen molar-refractivity contribution in [1.29, 1.82) is 0 Å². The van der Waals surface area contributed by atoms with E-state index in [-0.39, 0.29) is 0 Å². The molecule has 5 rings (SSSR count). The third-order valence-corrected chi connectivity index (χ3v) is 5.24. The molecule has 5 heteroatoms. The highest BCUT2D eigenvalue weighted by atomic mass is 17.2. The number of benzene rings is 4. The lowest BCUT2D eigenvalue weighted by Crippen LogP contribution is -2.02. The predicted molar refractivity (Wildman–Crippen MR) is 131 cm³/mol. The number of aromatic nitrogens is 1. The molecule has 166 valence electrons. The van der Waals surface area contributed by atoms with Gasteiger partial charge in [-0.15, -0.1) is 0 Å². The number of hydrogen-bond acceptors (Lipinski definition) is 5. The molecule has 0 atom stereocenters. The Morgan fingerprint density at radius 2 is 1.26 bits per heavy atom. The molecule has 0 N–H and O–H groups in total. The van der Waals surface area contributed by atoms with Gasteiger partial charge in [0.2, 0.25) is 5.89 Å². The number of rotatable bonds is 6. The van der Waals surface area contributed by atoms with E-state index in [0.717, 1.165) is 39.3 Å². The second-order valence-corrected chi connectivity index (χ2v) is 7.70. The maximum atomic E-state index is 11.0. The second-order valence-electron chi connectivity index (χ2n) is 7.70. The van der Waals surface area contributed by atoms with Gasteiger partial charge < -0.3 is 4.42 Å². The lowest BCUT2D eigenvalue weighted by atomic mass is 10.0. The minimum atomic E-state index is -0.514. The van der Waals surface area contributed by atoms with Gasteiger partial charge >= 0.3 is 5.97 Å². The topological polar surface area (TPSA) is 61.6 Å². The van der Waals surface area contributed by atoms with Crippen molar-refractivity contribution >= 4 is 5.97 Å². The van der Waals surface area contributed by atoms with E-state index >= 15 is 0 Å². The molecule has 0 unspecified atom stereocenters. The Kier molecular flexibility index (Phi) is 5.91. The van der Waals surface area contributed by atoms with Crippen molar-refractivity contribution in [1.82, 2.24) is 4.98 Å². The molecule has 34 heavy (non-hydrogen) atoms. The maximum Gasteiger partial charge on any atom is 0.352 e. The summed E-state index contributed by atoms with van der Waals surface area (Å²) in [6, 6.07) is 35.3. The van der Waals surface area contributed by atoms with E-state index in [2.05, 4.69) is 4.89 Å². The van der Waals surface area contributed by atoms with Crippen LogP contribution in [0.1, 0.15) is 6.92 Å². The van der Waals surface area contributed by atoms with Crippen molar-refractivity contribution in [2.24, 2.45) is 0 Å². The summed E-state index contributed by atoms with van der Waals surface area (Å²) in [5, 5.41) is 0. The standard InChI is InChI=1S/C29H21NO4/c1-20(31)33-34-26-17-9-15-24(19-26)23-14-8-16-25(18-23)29-30-27(21-10-4-2-5-11-21)28(32-29)22-12-6-3-7-13-22/h2-19H,1H3. The van der Waals surface area contributed by atoms with Crippen LogP contribution in [-0.4, -0.2) is 11.0 Å². The van der Waals surface area contributed by atoms with Gasteiger partial charge in [-0.1, -0.05) is 84.9 Å². The first kappa shape index (κ1) is 21.2. The number of hydrogen-bond donors (Lipinski definition) is 0. The summed E-state index contributed by atoms with van der Waals surface area (Å²) in [4.78, 5) is 25.7. The first-order chi connectivity index (χ1) is 16.7. The fourth-order valence-corrected chi connectivity index (χ4v) is 3.69. The van der Waals surface area contributed by atoms with Gasteiger partial charge in [0.1, 0.15) is 5.69 Å². The Hall–Kier alpha value is -4.64. The summed E-state index contributed by atoms with van der Waals surface area (Å²) < 4.78 is 6.33. The fraction of sp³-hybridized carbons (Fsp3) is 0.0345. The van der Waals surface area contributed by atoms with E-state index < -0.39 is 5.97 Å². The van der Waals surface area contributed by atoms with Gasteiger partial charge in [-0.3, -0.25) is 9.78 Å². The van der Waals surface area contributed by atoms with Crippen LogP contribution < -0.4 is 4.89 Å². The van der Waals surface area contributed by atoms with Crippen LogP contribution in [0, 0.1) is 0 Å². The molecular weight excluding hydrogens is 426 g/mol. The summed E-state index contributed by atoms with van der Waals surface area (Å²) in [7, 11) is 0. The van der Waals surface area contributed by atoms with Gasteiger partial charge in [0.15, 0.2) is 11.5 Å². The zero-order valence-electron chi connectivity index (χ0n) is 18.5. The van der Waals surface area contributed by atoms with Gasteiger partial charge in [-0.05, 0) is 35.4 Å². The molecule has 0 aliphatic carbocycles. The van der Waals surface area contributed by atoms with E-state index in [4.69, 9.17) is 14.3 Å². The van der Waals surface area contributed by atoms with Crippen molar-refractivity contribution in [2.75, 3.05) is 0 Å². The van der Waals surface area contributed by atoms with Crippen LogP contribution in [0.25, 0.3) is 45.2 Å². The lowest BCUT2D eigenvalue weighted by molar-refractivity contribution is -0.210. The van der Waals surface area contributed by atoms with Gasteiger partial charge in [-0.25, -0.2) is 9.78 Å². The molecule has 0 radical (unpaired) electrons. The summed E-state index contributed by atoms with van der Waals surface area (Å²) in [5.74, 6) is 1.18. The zero-order valence-corrected chi connectivity index (χ0v) is 18.5. The predicted octanol–water partition coefficient (Wildman–Crippen LogP) is 7.20. The van der Waals surface area contributed by atoms with Crippen LogP contribution in [0.15, 0.2) is 114 Å². The Morgan fingerprint density at radius 3 is 1.97 bits per heavy atom. The highest BCUT2D eigenvalue weighted by Gasteiger charge is 2.18. The summed E-state index contributed by atoms with van der Waals surface area (Å²) in [5.41, 5.74) is 5.46. The van der Waals surface area contributed by atoms with E-state index in [1.165, 1.54) is 6.92 Å². The summed E-state index contributed by atoms with van der Waals surface area (Å²) in [6.45, 7) is 1.29. The van der Waals surface area contributed by atoms with Gasteiger partial charge in [0, 0.05) is 23.6 Å². The van der Waals surface area contributed by atoms with Crippen LogP contribution >= 0.6 is 0 Å². The van der Waals surface area contributed by atoms with Gasteiger partial charge in [-0.2, -0.15) is 0 Å². The number of carbonyl (C=O) groups excluding carboxylic acids is 1. The molecule has 5 nitrogen and oxygen atoms in total. The summed E-state index contributed by atoms with van der Waals surface area (Å²) >= 11 is 0. The fourth-order valence-electron chi connectivity index (χ4n) is 3.69. The average molecular weight is 447 g/mol. The molecule has 1 aromatic heterocycles. The largest absolute Gasteiger partial charge is 0.435 e. The Labute approximate surface area is 197 Å². The monoisotopic (exact) mass is 447 g/mol. The van der Waals surface area contributed by atoms with Crippen LogP contribution in [0.4, 0.5) is 0 Å². The Balaban J connectivity index is 1.54. The van der Waals surface area contributed by atoms with Crippen molar-refractivity contribution < 1.29 is 19.0 Å². The minimum absolute atomic E-state index is 0.437. The first-order valence-corrected chi connectivity index (χ1v) is 10.8. The van der Waals surface area contributed by atoms with Gasteiger partial charge in [0.25, 0.3) is 0 Å². The van der Waals surface area contributed by atoms with Gasteiger partial charge in [0.05, 0.1) is 0 Å². The highest BCUT2D eigenvalue weighted by Crippen LogP contribution is 2.37. The molecule has 0 saturated carbocycles. The zero-order chi connectivity index (χ0) is 23.3. The number of carbonyl (C=O) groups is 1. The molecule has 0 aliphatic heterocycles. The van der Waals surface area contributed by atoms with E-state index in [1.807, 2.05) is 103 Å². The Morgan fingerprint density at radius 1 is 0.676 bits per heavy atom. The minimum Gasteiger partial charge on any atom is -0.435 e. The third-order valence-electron chi connectivity index (χ3n) is 5.24. The smallest absolute Gasteiger partial charge is 0.352 e. The average Bonchev–Trinajstić information content (AvgIpc) is 3.35. The van der Waals surface area contributed by atoms with Crippen LogP contribution in [-0.2, 0) is 9.68 Å². The molecule has 0 fully saturated rings. The SMILES string of the molecule is CC(=O)OOc1cccc(-c2cccc(-c3nc(-c4ccccc4)c(-c4ccccc4)o3)c2)c1. The van der Waals surface area contributed by atoms with Crippen molar-refractivity contribution in [3.8, 4) is 50.9 Å². The van der Waals surface area contributed by atoms with E-state index in [9.17, 15) is 4.79 Å². The molecule has 0 saturated heterocycles. The molecule has 1 heterocycles. The molecule has 0 spiro atoms. The maximum absolute atomic E-state index is 11.0. The number of oxazole rings is 1. The third kappa shape index (κ3) is 4.59. The Bertz CT molecular complexity index is 1370. The summed E-state index contributed by atoms with van der Waals surface area (Å²) in [6.07, 6.45) is 0. The normalized spacial score (nSPS) is 10.6. The molecule has 0 bridgehead atoms. The molecular formula is C29H21NO4. The number of nitrogens with zero attached hydrogens (tertiary/aromatic N) is 1. The molecule has 0 amide bonds. The molecule has 4 aromatic carbocycles. The van der Waals surface area contributed by atoms with Crippen molar-refractivity contribution in [2.45, 2.75) is 6.92 Å². The molecule has 5 aromatic rings. The van der Waals surface area contributed by atoms with Crippen LogP contribution in [0.3, 0.4) is 0 Å². The van der Waals surface area contributed by atoms with Crippen molar-refractivity contribution in [3.05, 3.63) is 109 Å². The quantitative estimate of drug-likeness (QED) is 0.203. The second kappa shape index (κ2) is 9.46. The highest BCUT2D eigenvalue weighted by molar-refractivity contribution is 5.80. The van der Waals surface area contributed by atoms with Crippen LogP contribution in [0.2, 0.25) is 0 Å².